The van der Waals surface area contributed by atoms with Crippen molar-refractivity contribution in [2.75, 3.05) is 11.3 Å². The predicted octanol–water partition coefficient (Wildman–Crippen LogP) is 4.60. The first-order valence-corrected chi connectivity index (χ1v) is 8.50. The van der Waals surface area contributed by atoms with Crippen molar-refractivity contribution in [3.63, 3.8) is 0 Å². The van der Waals surface area contributed by atoms with Gasteiger partial charge in [0.2, 0.25) is 5.91 Å². The molecule has 0 radical (unpaired) electrons. The molecule has 4 bridgehead atoms. The van der Waals surface area contributed by atoms with Gasteiger partial charge in [-0.25, -0.2) is 0 Å². The summed E-state index contributed by atoms with van der Waals surface area (Å²) >= 11 is 1.53. The fourth-order valence-electron chi connectivity index (χ4n) is 2.81. The maximum Gasteiger partial charge on any atom is 0.242 e. The van der Waals surface area contributed by atoms with E-state index in [4.69, 9.17) is 4.74 Å². The maximum absolute atomic E-state index is 11.5. The van der Waals surface area contributed by atoms with Crippen LogP contribution in [0.5, 0.6) is 5.75 Å². The number of nitrogens with one attached hydrogen (secondary N) is 1. The molecule has 1 N–H and O–H groups in total. The molecule has 1 amide bonds. The summed E-state index contributed by atoms with van der Waals surface area (Å²) < 4.78 is 5.46. The summed E-state index contributed by atoms with van der Waals surface area (Å²) in [5, 5.41) is 5.38. The first-order chi connectivity index (χ1) is 11.3. The Labute approximate surface area is 138 Å². The van der Waals surface area contributed by atoms with Gasteiger partial charge >= 0.3 is 0 Å². The van der Waals surface area contributed by atoms with Gasteiger partial charge in [0.15, 0.2) is 0 Å². The van der Waals surface area contributed by atoms with Gasteiger partial charge in [-0.1, -0.05) is 60.7 Å². The van der Waals surface area contributed by atoms with E-state index in [1.165, 1.54) is 22.5 Å². The molecule has 4 heteroatoms. The fraction of sp³-hybridized carbons (Fsp3) is 0.105. The SMILES string of the molecule is O=C1Nc2c3cccc2C1SCO3.c1ccc2ccccc2c1. The van der Waals surface area contributed by atoms with Crippen LogP contribution in [0.3, 0.4) is 0 Å². The Morgan fingerprint density at radius 2 is 1.57 bits per heavy atom. The molecule has 114 valence electrons. The molecule has 2 aliphatic rings. The maximum atomic E-state index is 11.5. The number of anilines is 1. The number of benzene rings is 3. The number of thioether (sulfide) groups is 1. The Balaban J connectivity index is 0.000000122. The molecule has 1 unspecified atom stereocenters. The van der Waals surface area contributed by atoms with Crippen LogP contribution in [0, 0.1) is 0 Å². The van der Waals surface area contributed by atoms with Crippen LogP contribution < -0.4 is 10.1 Å². The highest BCUT2D eigenvalue weighted by atomic mass is 32.2. The molecule has 5 rings (SSSR count). The van der Waals surface area contributed by atoms with Crippen molar-refractivity contribution in [3.05, 3.63) is 72.3 Å². The van der Waals surface area contributed by atoms with E-state index in [0.717, 1.165) is 17.0 Å². The standard InChI is InChI=1S/C10H8.C9H7NO2S/c1-2-6-10-8-4-3-7-9(10)5-1;11-9-8-5-2-1-3-6(7(5)10-9)12-4-13-8/h1-8H;1-3,8H,4H2,(H,10,11). The number of hydrogen-bond acceptors (Lipinski definition) is 3. The summed E-state index contributed by atoms with van der Waals surface area (Å²) in [6.45, 7) is 0. The lowest BCUT2D eigenvalue weighted by atomic mass is 10.1. The van der Waals surface area contributed by atoms with Crippen molar-refractivity contribution < 1.29 is 9.53 Å². The summed E-state index contributed by atoms with van der Waals surface area (Å²) in [7, 11) is 0. The van der Waals surface area contributed by atoms with Crippen LogP contribution in [0.1, 0.15) is 10.8 Å². The van der Waals surface area contributed by atoms with E-state index in [0.29, 0.717) is 5.94 Å². The van der Waals surface area contributed by atoms with Gasteiger partial charge in [0.25, 0.3) is 0 Å². The average molecular weight is 321 g/mol. The van der Waals surface area contributed by atoms with E-state index < -0.39 is 0 Å². The second-order valence-electron chi connectivity index (χ2n) is 5.37. The average Bonchev–Trinajstić information content (AvgIpc) is 2.88. The van der Waals surface area contributed by atoms with Crippen LogP contribution in [0.4, 0.5) is 5.69 Å². The first kappa shape index (κ1) is 14.2. The van der Waals surface area contributed by atoms with Crippen LogP contribution in [-0.4, -0.2) is 11.8 Å². The van der Waals surface area contributed by atoms with Crippen molar-refractivity contribution in [2.24, 2.45) is 0 Å². The number of ether oxygens (including phenoxy) is 1. The van der Waals surface area contributed by atoms with Crippen molar-refractivity contribution in [3.8, 4) is 5.75 Å². The molecule has 0 spiro atoms. The van der Waals surface area contributed by atoms with E-state index >= 15 is 0 Å². The van der Waals surface area contributed by atoms with Gasteiger partial charge in [0.1, 0.15) is 16.9 Å². The summed E-state index contributed by atoms with van der Waals surface area (Å²) in [6.07, 6.45) is 0. The highest BCUT2D eigenvalue weighted by Crippen LogP contribution is 2.47. The van der Waals surface area contributed by atoms with Gasteiger partial charge < -0.3 is 10.1 Å². The third kappa shape index (κ3) is 2.66. The van der Waals surface area contributed by atoms with Gasteiger partial charge in [0, 0.05) is 5.56 Å². The third-order valence-corrected chi connectivity index (χ3v) is 4.99. The molecule has 3 aromatic rings. The summed E-state index contributed by atoms with van der Waals surface area (Å²) in [4.78, 5) is 11.5. The van der Waals surface area contributed by atoms with Crippen molar-refractivity contribution >= 4 is 34.1 Å². The number of amides is 1. The Morgan fingerprint density at radius 3 is 2.22 bits per heavy atom. The van der Waals surface area contributed by atoms with Gasteiger partial charge in [-0.3, -0.25) is 4.79 Å². The van der Waals surface area contributed by atoms with Crippen molar-refractivity contribution in [2.45, 2.75) is 5.25 Å². The van der Waals surface area contributed by atoms with E-state index in [2.05, 4.69) is 53.8 Å². The number of carbonyl (C=O) groups is 1. The van der Waals surface area contributed by atoms with Crippen LogP contribution in [0.15, 0.2) is 66.7 Å². The van der Waals surface area contributed by atoms with Gasteiger partial charge in [-0.15, -0.1) is 11.8 Å². The monoisotopic (exact) mass is 321 g/mol. The zero-order valence-corrected chi connectivity index (χ0v) is 13.2. The number of hydrogen-bond donors (Lipinski definition) is 1. The number of carbonyl (C=O) groups excluding carboxylic acids is 1. The molecule has 0 saturated heterocycles. The lowest BCUT2D eigenvalue weighted by Gasteiger charge is -2.09. The largest absolute Gasteiger partial charge is 0.481 e. The molecule has 1 atom stereocenters. The Kier molecular flexibility index (Phi) is 3.67. The molecule has 2 heterocycles. The van der Waals surface area contributed by atoms with Gasteiger partial charge in [-0.05, 0) is 16.8 Å². The van der Waals surface area contributed by atoms with Crippen LogP contribution in [0.2, 0.25) is 0 Å². The second kappa shape index (κ2) is 5.97. The highest BCUT2D eigenvalue weighted by Gasteiger charge is 2.35. The minimum absolute atomic E-state index is 0.0718. The minimum Gasteiger partial charge on any atom is -0.481 e. The summed E-state index contributed by atoms with van der Waals surface area (Å²) in [5.74, 6) is 1.42. The first-order valence-electron chi connectivity index (χ1n) is 7.45. The molecule has 0 saturated carbocycles. The molecule has 0 fully saturated rings. The lowest BCUT2D eigenvalue weighted by molar-refractivity contribution is -0.115. The number of para-hydroxylation sites is 1. The third-order valence-electron chi connectivity index (χ3n) is 3.94. The van der Waals surface area contributed by atoms with Crippen molar-refractivity contribution in [1.29, 1.82) is 0 Å². The van der Waals surface area contributed by atoms with E-state index in [1.54, 1.807) is 0 Å². The van der Waals surface area contributed by atoms with E-state index in [-0.39, 0.29) is 11.2 Å². The summed E-state index contributed by atoms with van der Waals surface area (Å²) in [5.41, 5.74) is 1.92. The molecular formula is C19H15NO2S. The Morgan fingerprint density at radius 1 is 0.913 bits per heavy atom. The fourth-order valence-corrected chi connectivity index (χ4v) is 3.73. The molecule has 2 aliphatic heterocycles. The number of rotatable bonds is 0. The lowest BCUT2D eigenvalue weighted by Crippen LogP contribution is -2.12. The Hall–Kier alpha value is -2.46. The van der Waals surface area contributed by atoms with Gasteiger partial charge in [-0.2, -0.15) is 0 Å². The summed E-state index contributed by atoms with van der Waals surface area (Å²) in [6, 6.07) is 22.5. The molecule has 0 aliphatic carbocycles. The van der Waals surface area contributed by atoms with Gasteiger partial charge in [0.05, 0.1) is 5.69 Å². The smallest absolute Gasteiger partial charge is 0.242 e. The second-order valence-corrected chi connectivity index (χ2v) is 6.41. The zero-order valence-electron chi connectivity index (χ0n) is 12.4. The number of fused-ring (bicyclic) bond motifs is 1. The molecule has 23 heavy (non-hydrogen) atoms. The zero-order chi connectivity index (χ0) is 15.6. The van der Waals surface area contributed by atoms with Crippen LogP contribution >= 0.6 is 11.8 Å². The van der Waals surface area contributed by atoms with Crippen LogP contribution in [-0.2, 0) is 4.79 Å². The molecule has 0 aromatic heterocycles. The van der Waals surface area contributed by atoms with E-state index in [9.17, 15) is 4.79 Å². The van der Waals surface area contributed by atoms with Crippen LogP contribution in [0.25, 0.3) is 10.8 Å². The Bertz CT molecular complexity index is 813. The molecule has 3 aromatic carbocycles. The van der Waals surface area contributed by atoms with E-state index in [1.807, 2.05) is 18.2 Å². The quantitative estimate of drug-likeness (QED) is 0.657. The molecule has 3 nitrogen and oxygen atoms in total. The normalized spacial score (nSPS) is 17.6. The van der Waals surface area contributed by atoms with Crippen molar-refractivity contribution in [1.82, 2.24) is 0 Å². The topological polar surface area (TPSA) is 38.3 Å². The molecular weight excluding hydrogens is 306 g/mol. The predicted molar refractivity (Wildman–Crippen MR) is 94.8 cm³/mol. The highest BCUT2D eigenvalue weighted by molar-refractivity contribution is 8.00. The minimum atomic E-state index is -0.0718.